The number of amides is 1. The van der Waals surface area contributed by atoms with Gasteiger partial charge in [0.1, 0.15) is 0 Å². The van der Waals surface area contributed by atoms with Crippen molar-refractivity contribution in [2.75, 3.05) is 26.2 Å². The molecule has 1 aromatic carbocycles. The zero-order chi connectivity index (χ0) is 14.6. The van der Waals surface area contributed by atoms with Crippen LogP contribution in [-0.4, -0.2) is 42.6 Å². The van der Waals surface area contributed by atoms with Gasteiger partial charge in [0.2, 0.25) is 0 Å². The maximum atomic E-state index is 12.6. The Hall–Kier alpha value is -1.83. The minimum atomic E-state index is -0.300. The molecule has 0 radical (unpaired) electrons. The fraction of sp³-hybridized carbons (Fsp3) is 0.438. The van der Waals surface area contributed by atoms with Gasteiger partial charge >= 0.3 is 0 Å². The van der Waals surface area contributed by atoms with Crippen molar-refractivity contribution in [3.05, 3.63) is 35.4 Å². The number of hydrogen-bond donors (Lipinski definition) is 1. The smallest absolute Gasteiger partial charge is 0.255 e. The summed E-state index contributed by atoms with van der Waals surface area (Å²) < 4.78 is 5.64. The van der Waals surface area contributed by atoms with E-state index in [1.807, 2.05) is 43.0 Å². The summed E-state index contributed by atoms with van der Waals surface area (Å²) in [6.45, 7) is 6.03. The summed E-state index contributed by atoms with van der Waals surface area (Å²) in [6, 6.07) is 7.39. The molecule has 1 aliphatic rings. The third-order valence-corrected chi connectivity index (χ3v) is 3.20. The van der Waals surface area contributed by atoms with E-state index in [2.05, 4.69) is 11.8 Å². The first-order valence-corrected chi connectivity index (χ1v) is 6.75. The molecule has 0 unspecified atom stereocenters. The fourth-order valence-corrected chi connectivity index (χ4v) is 2.29. The molecule has 20 heavy (non-hydrogen) atoms. The lowest BCUT2D eigenvalue weighted by molar-refractivity contribution is -0.0764. The summed E-state index contributed by atoms with van der Waals surface area (Å²) >= 11 is 0. The van der Waals surface area contributed by atoms with Crippen LogP contribution in [0, 0.1) is 11.8 Å². The lowest BCUT2D eigenvalue weighted by atomic mass is 10.0. The van der Waals surface area contributed by atoms with Crippen LogP contribution in [0.5, 0.6) is 0 Å². The fourth-order valence-electron chi connectivity index (χ4n) is 2.29. The number of carbonyl (C=O) groups is 1. The molecule has 0 aromatic heterocycles. The SMILES string of the molecule is CC1(C)CN(C(=O)c2ccccc2C#CCN)CCO1. The van der Waals surface area contributed by atoms with Crippen molar-refractivity contribution in [1.82, 2.24) is 4.90 Å². The lowest BCUT2D eigenvalue weighted by Crippen LogP contribution is -2.50. The second-order valence-electron chi connectivity index (χ2n) is 5.39. The Kier molecular flexibility index (Phi) is 4.43. The highest BCUT2D eigenvalue weighted by Gasteiger charge is 2.30. The van der Waals surface area contributed by atoms with Gasteiger partial charge in [0.05, 0.1) is 24.3 Å². The zero-order valence-electron chi connectivity index (χ0n) is 12.0. The number of nitrogens with two attached hydrogens (primary N) is 1. The van der Waals surface area contributed by atoms with Gasteiger partial charge in [-0.2, -0.15) is 0 Å². The van der Waals surface area contributed by atoms with Gasteiger partial charge < -0.3 is 15.4 Å². The first-order valence-electron chi connectivity index (χ1n) is 6.75. The van der Waals surface area contributed by atoms with Crippen LogP contribution in [0.1, 0.15) is 29.8 Å². The molecule has 106 valence electrons. The number of rotatable bonds is 1. The Balaban J connectivity index is 2.25. The van der Waals surface area contributed by atoms with Crippen molar-refractivity contribution >= 4 is 5.91 Å². The molecule has 4 nitrogen and oxygen atoms in total. The van der Waals surface area contributed by atoms with Crippen LogP contribution in [0.25, 0.3) is 0 Å². The standard InChI is InChI=1S/C16H20N2O2/c1-16(2)12-18(10-11-20-16)15(19)14-8-4-3-6-13(14)7-5-9-17/h3-4,6,8H,9-12,17H2,1-2H3. The molecule has 1 aromatic rings. The molecule has 0 aliphatic carbocycles. The summed E-state index contributed by atoms with van der Waals surface area (Å²) in [4.78, 5) is 14.5. The highest BCUT2D eigenvalue weighted by atomic mass is 16.5. The maximum absolute atomic E-state index is 12.6. The van der Waals surface area contributed by atoms with E-state index in [0.29, 0.717) is 25.3 Å². The van der Waals surface area contributed by atoms with Crippen molar-refractivity contribution in [1.29, 1.82) is 0 Å². The van der Waals surface area contributed by atoms with Gasteiger partial charge in [-0.25, -0.2) is 0 Å². The molecule has 0 saturated carbocycles. The van der Waals surface area contributed by atoms with Crippen LogP contribution in [0.2, 0.25) is 0 Å². The first kappa shape index (κ1) is 14.6. The monoisotopic (exact) mass is 272 g/mol. The zero-order valence-corrected chi connectivity index (χ0v) is 12.0. The number of nitrogens with zero attached hydrogens (tertiary/aromatic N) is 1. The average molecular weight is 272 g/mol. The summed E-state index contributed by atoms with van der Waals surface area (Å²) in [5.41, 5.74) is 6.46. The maximum Gasteiger partial charge on any atom is 0.255 e. The summed E-state index contributed by atoms with van der Waals surface area (Å²) in [7, 11) is 0. The number of ether oxygens (including phenoxy) is 1. The van der Waals surface area contributed by atoms with Crippen molar-refractivity contribution in [3.63, 3.8) is 0 Å². The molecule has 1 saturated heterocycles. The summed E-state index contributed by atoms with van der Waals surface area (Å²) in [5.74, 6) is 5.76. The minimum Gasteiger partial charge on any atom is -0.372 e. The topological polar surface area (TPSA) is 55.6 Å². The van der Waals surface area contributed by atoms with Crippen molar-refractivity contribution in [2.45, 2.75) is 19.4 Å². The Labute approximate surface area is 119 Å². The van der Waals surface area contributed by atoms with E-state index in [1.54, 1.807) is 0 Å². The van der Waals surface area contributed by atoms with Gasteiger partial charge in [0.15, 0.2) is 0 Å². The molecule has 1 heterocycles. The Morgan fingerprint density at radius 1 is 1.45 bits per heavy atom. The van der Waals surface area contributed by atoms with E-state index < -0.39 is 0 Å². The van der Waals surface area contributed by atoms with Gasteiger partial charge in [-0.15, -0.1) is 0 Å². The molecular weight excluding hydrogens is 252 g/mol. The third kappa shape index (κ3) is 3.38. The molecule has 0 spiro atoms. The summed E-state index contributed by atoms with van der Waals surface area (Å²) in [5, 5.41) is 0. The van der Waals surface area contributed by atoms with E-state index in [1.165, 1.54) is 0 Å². The van der Waals surface area contributed by atoms with Gasteiger partial charge in [0.25, 0.3) is 5.91 Å². The van der Waals surface area contributed by atoms with E-state index in [4.69, 9.17) is 10.5 Å². The molecule has 2 N–H and O–H groups in total. The molecule has 2 rings (SSSR count). The lowest BCUT2D eigenvalue weighted by Gasteiger charge is -2.38. The van der Waals surface area contributed by atoms with Crippen LogP contribution in [0.3, 0.4) is 0 Å². The average Bonchev–Trinajstić information content (AvgIpc) is 2.43. The van der Waals surface area contributed by atoms with Crippen LogP contribution in [0.15, 0.2) is 24.3 Å². The van der Waals surface area contributed by atoms with Gasteiger partial charge in [0, 0.05) is 18.7 Å². The van der Waals surface area contributed by atoms with Crippen LogP contribution >= 0.6 is 0 Å². The van der Waals surface area contributed by atoms with Gasteiger partial charge in [-0.05, 0) is 26.0 Å². The van der Waals surface area contributed by atoms with Gasteiger partial charge in [-0.3, -0.25) is 4.79 Å². The number of carbonyl (C=O) groups excluding carboxylic acids is 1. The number of benzene rings is 1. The number of morpholine rings is 1. The molecule has 0 bridgehead atoms. The Morgan fingerprint density at radius 3 is 2.90 bits per heavy atom. The minimum absolute atomic E-state index is 0.00305. The predicted molar refractivity (Wildman–Crippen MR) is 78.3 cm³/mol. The molecule has 1 fully saturated rings. The van der Waals surface area contributed by atoms with E-state index >= 15 is 0 Å². The Bertz CT molecular complexity index is 555. The molecule has 0 atom stereocenters. The molecule has 4 heteroatoms. The van der Waals surface area contributed by atoms with Crippen LogP contribution in [0.4, 0.5) is 0 Å². The number of hydrogen-bond acceptors (Lipinski definition) is 3. The van der Waals surface area contributed by atoms with E-state index in [9.17, 15) is 4.79 Å². The van der Waals surface area contributed by atoms with Crippen molar-refractivity contribution < 1.29 is 9.53 Å². The summed E-state index contributed by atoms with van der Waals surface area (Å²) in [6.07, 6.45) is 0. The quantitative estimate of drug-likeness (QED) is 0.783. The highest BCUT2D eigenvalue weighted by molar-refractivity contribution is 5.96. The third-order valence-electron chi connectivity index (χ3n) is 3.20. The van der Waals surface area contributed by atoms with Crippen molar-refractivity contribution in [3.8, 4) is 11.8 Å². The van der Waals surface area contributed by atoms with Gasteiger partial charge in [-0.1, -0.05) is 24.0 Å². The largest absolute Gasteiger partial charge is 0.372 e. The van der Waals surface area contributed by atoms with Crippen LogP contribution < -0.4 is 5.73 Å². The first-order chi connectivity index (χ1) is 9.53. The van der Waals surface area contributed by atoms with Crippen molar-refractivity contribution in [2.24, 2.45) is 5.73 Å². The highest BCUT2D eigenvalue weighted by Crippen LogP contribution is 2.19. The van der Waals surface area contributed by atoms with E-state index in [-0.39, 0.29) is 18.1 Å². The Morgan fingerprint density at radius 2 is 2.20 bits per heavy atom. The van der Waals surface area contributed by atoms with Crippen LogP contribution in [-0.2, 0) is 4.74 Å². The second-order valence-corrected chi connectivity index (χ2v) is 5.39. The molecule has 1 amide bonds. The molecule has 1 aliphatic heterocycles. The second kappa shape index (κ2) is 6.08. The molecular formula is C16H20N2O2. The van der Waals surface area contributed by atoms with E-state index in [0.717, 1.165) is 5.56 Å². The normalized spacial score (nSPS) is 17.2. The predicted octanol–water partition coefficient (Wildman–Crippen LogP) is 1.25.